The maximum Gasteiger partial charge on any atom is 0.244 e. The van der Waals surface area contributed by atoms with Gasteiger partial charge in [0.05, 0.1) is 0 Å². The molecule has 2 saturated heterocycles. The van der Waals surface area contributed by atoms with Crippen molar-refractivity contribution >= 4 is 11.8 Å². The lowest BCUT2D eigenvalue weighted by molar-refractivity contribution is -0.143. The average Bonchev–Trinajstić information content (AvgIpc) is 2.77. The summed E-state index contributed by atoms with van der Waals surface area (Å²) in [5.41, 5.74) is 8.37. The zero-order chi connectivity index (χ0) is 20.3. The van der Waals surface area contributed by atoms with Crippen LogP contribution in [0, 0.1) is 5.41 Å². The molecule has 1 atom stereocenters. The van der Waals surface area contributed by atoms with Crippen molar-refractivity contribution in [2.45, 2.75) is 38.3 Å². The first-order valence-corrected chi connectivity index (χ1v) is 10.5. The Kier molecular flexibility index (Phi) is 5.67. The van der Waals surface area contributed by atoms with E-state index >= 15 is 0 Å². The molecule has 2 N–H and O–H groups in total. The Balaban J connectivity index is 1.37. The second kappa shape index (κ2) is 8.37. The summed E-state index contributed by atoms with van der Waals surface area (Å²) in [5, 5.41) is 0. The van der Waals surface area contributed by atoms with Crippen molar-refractivity contribution in [3.05, 3.63) is 71.8 Å². The van der Waals surface area contributed by atoms with Crippen molar-refractivity contribution < 1.29 is 9.59 Å². The van der Waals surface area contributed by atoms with Crippen LogP contribution in [-0.4, -0.2) is 41.2 Å². The van der Waals surface area contributed by atoms with Gasteiger partial charge in [-0.2, -0.15) is 0 Å². The standard InChI is InChI=1S/C24H29N3O2/c25-22(20-9-5-2-6-10-20)23(29)26-15-13-24(14-16-26)12-11-21(28)27(18-24)17-19-7-3-1-4-8-19/h1-10,22H,11-18,25H2/t22-/m0/s1. The van der Waals surface area contributed by atoms with Crippen LogP contribution in [0.1, 0.15) is 42.9 Å². The molecule has 0 bridgehead atoms. The van der Waals surface area contributed by atoms with Crippen LogP contribution in [0.25, 0.3) is 0 Å². The minimum atomic E-state index is -0.604. The molecule has 29 heavy (non-hydrogen) atoms. The van der Waals surface area contributed by atoms with E-state index in [0.717, 1.165) is 31.4 Å². The number of hydrogen-bond acceptors (Lipinski definition) is 3. The topological polar surface area (TPSA) is 66.6 Å². The van der Waals surface area contributed by atoms with E-state index in [2.05, 4.69) is 12.1 Å². The zero-order valence-electron chi connectivity index (χ0n) is 16.8. The highest BCUT2D eigenvalue weighted by Crippen LogP contribution is 2.41. The quantitative estimate of drug-likeness (QED) is 0.871. The fourth-order valence-corrected chi connectivity index (χ4v) is 4.66. The van der Waals surface area contributed by atoms with Gasteiger partial charge in [0.2, 0.25) is 11.8 Å². The molecule has 2 aliphatic heterocycles. The predicted molar refractivity (Wildman–Crippen MR) is 113 cm³/mol. The monoisotopic (exact) mass is 391 g/mol. The Morgan fingerprint density at radius 1 is 0.966 bits per heavy atom. The normalized spacial score (nSPS) is 20.0. The summed E-state index contributed by atoms with van der Waals surface area (Å²) >= 11 is 0. The van der Waals surface area contributed by atoms with E-state index < -0.39 is 6.04 Å². The molecule has 4 rings (SSSR count). The summed E-state index contributed by atoms with van der Waals surface area (Å²) in [6.45, 7) is 2.88. The van der Waals surface area contributed by atoms with Gasteiger partial charge < -0.3 is 15.5 Å². The lowest BCUT2D eigenvalue weighted by Gasteiger charge is -2.47. The maximum atomic E-state index is 12.9. The third-order valence-electron chi connectivity index (χ3n) is 6.52. The fourth-order valence-electron chi connectivity index (χ4n) is 4.66. The highest BCUT2D eigenvalue weighted by Gasteiger charge is 2.42. The zero-order valence-corrected chi connectivity index (χ0v) is 16.8. The number of nitrogens with zero attached hydrogens (tertiary/aromatic N) is 2. The van der Waals surface area contributed by atoms with Gasteiger partial charge in [-0.15, -0.1) is 0 Å². The molecular weight excluding hydrogens is 362 g/mol. The molecule has 5 nitrogen and oxygen atoms in total. The fraction of sp³-hybridized carbons (Fsp3) is 0.417. The maximum absolute atomic E-state index is 12.9. The number of nitrogens with two attached hydrogens (primary N) is 1. The van der Waals surface area contributed by atoms with Gasteiger partial charge in [0.25, 0.3) is 0 Å². The van der Waals surface area contributed by atoms with Crippen LogP contribution in [0.5, 0.6) is 0 Å². The molecule has 0 unspecified atom stereocenters. The van der Waals surface area contributed by atoms with Crippen molar-refractivity contribution in [2.75, 3.05) is 19.6 Å². The number of hydrogen-bond donors (Lipinski definition) is 1. The number of carbonyl (C=O) groups excluding carboxylic acids is 2. The highest BCUT2D eigenvalue weighted by atomic mass is 16.2. The number of amides is 2. The summed E-state index contributed by atoms with van der Waals surface area (Å²) in [4.78, 5) is 29.3. The number of piperidine rings is 2. The Morgan fingerprint density at radius 2 is 1.59 bits per heavy atom. The Morgan fingerprint density at radius 3 is 2.24 bits per heavy atom. The summed E-state index contributed by atoms with van der Waals surface area (Å²) in [6, 6.07) is 19.1. The average molecular weight is 392 g/mol. The summed E-state index contributed by atoms with van der Waals surface area (Å²) in [6.07, 6.45) is 3.38. The van der Waals surface area contributed by atoms with Crippen molar-refractivity contribution in [1.29, 1.82) is 0 Å². The second-order valence-corrected chi connectivity index (χ2v) is 8.45. The predicted octanol–water partition coefficient (Wildman–Crippen LogP) is 3.12. The van der Waals surface area contributed by atoms with Crippen molar-refractivity contribution in [3.8, 4) is 0 Å². The smallest absolute Gasteiger partial charge is 0.244 e. The SMILES string of the molecule is N[C@H](C(=O)N1CCC2(CCC(=O)N(Cc3ccccc3)C2)CC1)c1ccccc1. The molecule has 2 aliphatic rings. The molecule has 0 radical (unpaired) electrons. The van der Waals surface area contributed by atoms with Crippen LogP contribution in [0.3, 0.4) is 0 Å². The van der Waals surface area contributed by atoms with Gasteiger partial charge in [-0.25, -0.2) is 0 Å². The van der Waals surface area contributed by atoms with E-state index in [1.807, 2.05) is 58.3 Å². The first kappa shape index (κ1) is 19.6. The van der Waals surface area contributed by atoms with Crippen molar-refractivity contribution in [1.82, 2.24) is 9.80 Å². The molecule has 0 aromatic heterocycles. The first-order valence-electron chi connectivity index (χ1n) is 10.5. The minimum Gasteiger partial charge on any atom is -0.341 e. The van der Waals surface area contributed by atoms with E-state index in [4.69, 9.17) is 5.73 Å². The Hall–Kier alpha value is -2.66. The number of likely N-dealkylation sites (tertiary alicyclic amines) is 2. The van der Waals surface area contributed by atoms with Crippen LogP contribution < -0.4 is 5.73 Å². The third kappa shape index (κ3) is 4.35. The van der Waals surface area contributed by atoms with E-state index in [9.17, 15) is 9.59 Å². The molecule has 0 saturated carbocycles. The minimum absolute atomic E-state index is 0.000854. The number of benzene rings is 2. The first-order chi connectivity index (χ1) is 14.1. The van der Waals surface area contributed by atoms with E-state index in [1.165, 1.54) is 5.56 Å². The van der Waals surface area contributed by atoms with Crippen LogP contribution in [0.4, 0.5) is 0 Å². The molecule has 1 spiro atoms. The van der Waals surface area contributed by atoms with E-state index in [-0.39, 0.29) is 17.2 Å². The van der Waals surface area contributed by atoms with Gasteiger partial charge in [0.1, 0.15) is 6.04 Å². The van der Waals surface area contributed by atoms with Crippen LogP contribution in [-0.2, 0) is 16.1 Å². The summed E-state index contributed by atoms with van der Waals surface area (Å²) in [5.74, 6) is 0.239. The largest absolute Gasteiger partial charge is 0.341 e. The van der Waals surface area contributed by atoms with E-state index in [0.29, 0.717) is 26.1 Å². The lowest BCUT2D eigenvalue weighted by atomic mass is 9.72. The van der Waals surface area contributed by atoms with Gasteiger partial charge in [-0.05, 0) is 35.8 Å². The van der Waals surface area contributed by atoms with Gasteiger partial charge in [0.15, 0.2) is 0 Å². The molecule has 0 aliphatic carbocycles. The molecular formula is C24H29N3O2. The van der Waals surface area contributed by atoms with Crippen molar-refractivity contribution in [2.24, 2.45) is 11.1 Å². The molecule has 2 fully saturated rings. The number of rotatable bonds is 4. The summed E-state index contributed by atoms with van der Waals surface area (Å²) < 4.78 is 0. The third-order valence-corrected chi connectivity index (χ3v) is 6.52. The Labute approximate surface area is 172 Å². The van der Waals surface area contributed by atoms with Gasteiger partial charge in [-0.3, -0.25) is 9.59 Å². The van der Waals surface area contributed by atoms with Gasteiger partial charge in [-0.1, -0.05) is 60.7 Å². The second-order valence-electron chi connectivity index (χ2n) is 8.45. The van der Waals surface area contributed by atoms with Crippen LogP contribution >= 0.6 is 0 Å². The van der Waals surface area contributed by atoms with Crippen molar-refractivity contribution in [3.63, 3.8) is 0 Å². The summed E-state index contributed by atoms with van der Waals surface area (Å²) in [7, 11) is 0. The van der Waals surface area contributed by atoms with E-state index in [1.54, 1.807) is 0 Å². The van der Waals surface area contributed by atoms with Crippen LogP contribution in [0.15, 0.2) is 60.7 Å². The molecule has 2 aromatic carbocycles. The van der Waals surface area contributed by atoms with Gasteiger partial charge in [0, 0.05) is 32.6 Å². The lowest BCUT2D eigenvalue weighted by Crippen LogP contribution is -2.53. The number of carbonyl (C=O) groups is 2. The molecule has 5 heteroatoms. The molecule has 152 valence electrons. The Bertz CT molecular complexity index is 845. The van der Waals surface area contributed by atoms with Crippen LogP contribution in [0.2, 0.25) is 0 Å². The highest BCUT2D eigenvalue weighted by molar-refractivity contribution is 5.83. The van der Waals surface area contributed by atoms with Gasteiger partial charge >= 0.3 is 0 Å². The molecule has 2 heterocycles. The molecule has 2 amide bonds. The molecule has 2 aromatic rings.